The number of fused-ring (bicyclic) bond motifs is 1. The number of rotatable bonds is 7. The highest BCUT2D eigenvalue weighted by Crippen LogP contribution is 2.44. The maximum Gasteiger partial charge on any atom is 0.307 e. The zero-order valence-corrected chi connectivity index (χ0v) is 20.3. The number of nitrogens with one attached hydrogen (secondary N) is 1. The van der Waals surface area contributed by atoms with E-state index in [1.165, 1.54) is 18.4 Å². The number of benzene rings is 2. The number of anilines is 2. The molecular weight excluding hydrogens is 414 g/mol. The van der Waals surface area contributed by atoms with Gasteiger partial charge in [-0.05, 0) is 54.4 Å². The number of methoxy groups -OCH3 is 1. The number of hydrogen-bond donors (Lipinski definition) is 2. The fourth-order valence-corrected chi connectivity index (χ4v) is 5.07. The molecule has 1 atom stereocenters. The van der Waals surface area contributed by atoms with E-state index in [1.807, 2.05) is 12.1 Å². The molecule has 1 heterocycles. The van der Waals surface area contributed by atoms with Gasteiger partial charge in [0.15, 0.2) is 0 Å². The van der Waals surface area contributed by atoms with Crippen molar-refractivity contribution in [3.8, 4) is 5.75 Å². The average Bonchev–Trinajstić information content (AvgIpc) is 3.08. The van der Waals surface area contributed by atoms with Crippen LogP contribution in [0.15, 0.2) is 36.4 Å². The molecule has 1 aliphatic rings. The van der Waals surface area contributed by atoms with Crippen molar-refractivity contribution in [2.75, 3.05) is 12.4 Å². The van der Waals surface area contributed by atoms with Gasteiger partial charge in [-0.2, -0.15) is 0 Å². The summed E-state index contributed by atoms with van der Waals surface area (Å²) >= 11 is 0. The summed E-state index contributed by atoms with van der Waals surface area (Å²) in [5.41, 5.74) is 4.96. The number of ether oxygens (including phenoxy) is 1. The minimum Gasteiger partial charge on any atom is -0.496 e. The van der Waals surface area contributed by atoms with Gasteiger partial charge in [0.1, 0.15) is 5.75 Å². The summed E-state index contributed by atoms with van der Waals surface area (Å²) in [4.78, 5) is 16.3. The Labute approximate surface area is 196 Å². The quantitative estimate of drug-likeness (QED) is 0.421. The zero-order valence-electron chi connectivity index (χ0n) is 20.3. The van der Waals surface area contributed by atoms with Gasteiger partial charge >= 0.3 is 5.97 Å². The van der Waals surface area contributed by atoms with E-state index in [1.54, 1.807) is 7.11 Å². The van der Waals surface area contributed by atoms with Crippen LogP contribution in [0.25, 0.3) is 11.0 Å². The zero-order chi connectivity index (χ0) is 23.8. The average molecular weight is 450 g/mol. The molecule has 1 aromatic heterocycles. The molecule has 2 aromatic carbocycles. The second-order valence-electron chi connectivity index (χ2n) is 10.3. The first kappa shape index (κ1) is 23.1. The fourth-order valence-electron chi connectivity index (χ4n) is 5.07. The summed E-state index contributed by atoms with van der Waals surface area (Å²) in [5, 5.41) is 12.9. The molecule has 1 saturated carbocycles. The van der Waals surface area contributed by atoms with Crippen molar-refractivity contribution in [3.63, 3.8) is 0 Å². The minimum atomic E-state index is -0.885. The lowest BCUT2D eigenvalue weighted by Gasteiger charge is -2.36. The van der Waals surface area contributed by atoms with E-state index in [0.717, 1.165) is 35.5 Å². The summed E-state index contributed by atoms with van der Waals surface area (Å²) in [6, 6.07) is 12.6. The number of carbonyl (C=O) groups is 1. The Morgan fingerprint density at radius 2 is 2.00 bits per heavy atom. The number of carboxylic acid groups (broad SMARTS) is 1. The number of aromatic nitrogens is 2. The molecule has 4 rings (SSSR count). The van der Waals surface area contributed by atoms with E-state index in [2.05, 4.69) is 61.8 Å². The molecule has 1 aliphatic carbocycles. The normalized spacial score (nSPS) is 17.9. The van der Waals surface area contributed by atoms with Gasteiger partial charge in [0.25, 0.3) is 0 Å². The highest BCUT2D eigenvalue weighted by Gasteiger charge is 2.31. The van der Waals surface area contributed by atoms with Gasteiger partial charge in [0.2, 0.25) is 5.95 Å². The van der Waals surface area contributed by atoms with Crippen LogP contribution >= 0.6 is 0 Å². The Morgan fingerprint density at radius 1 is 1.27 bits per heavy atom. The van der Waals surface area contributed by atoms with Gasteiger partial charge in [-0.25, -0.2) is 4.98 Å². The molecule has 0 saturated heterocycles. The van der Waals surface area contributed by atoms with Crippen LogP contribution in [-0.2, 0) is 11.2 Å². The molecule has 176 valence electrons. The predicted molar refractivity (Wildman–Crippen MR) is 133 cm³/mol. The second-order valence-corrected chi connectivity index (χ2v) is 10.3. The van der Waals surface area contributed by atoms with Crippen molar-refractivity contribution >= 4 is 28.6 Å². The number of carboxylic acids is 1. The molecule has 0 spiro atoms. The van der Waals surface area contributed by atoms with Crippen LogP contribution < -0.4 is 10.1 Å². The lowest BCUT2D eigenvalue weighted by molar-refractivity contribution is -0.136. The van der Waals surface area contributed by atoms with Gasteiger partial charge in [-0.3, -0.25) is 4.79 Å². The molecular formula is C27H35N3O3. The summed E-state index contributed by atoms with van der Waals surface area (Å²) in [7, 11) is 1.59. The first-order chi connectivity index (χ1) is 15.7. The topological polar surface area (TPSA) is 76.4 Å². The van der Waals surface area contributed by atoms with Crippen LogP contribution in [0.4, 0.5) is 11.6 Å². The molecule has 1 unspecified atom stereocenters. The Balaban J connectivity index is 1.81. The summed E-state index contributed by atoms with van der Waals surface area (Å²) in [5.74, 6) is 0.978. The summed E-state index contributed by atoms with van der Waals surface area (Å²) in [6.45, 7) is 9.05. The van der Waals surface area contributed by atoms with Gasteiger partial charge in [-0.1, -0.05) is 46.2 Å². The van der Waals surface area contributed by atoms with E-state index in [9.17, 15) is 9.90 Å². The molecule has 6 heteroatoms. The van der Waals surface area contributed by atoms with E-state index in [-0.39, 0.29) is 11.8 Å². The van der Waals surface area contributed by atoms with Gasteiger partial charge in [0, 0.05) is 23.4 Å². The monoisotopic (exact) mass is 449 g/mol. The number of aliphatic carboxylic acids is 1. The van der Waals surface area contributed by atoms with Crippen molar-refractivity contribution in [2.24, 2.45) is 5.41 Å². The molecule has 3 aromatic rings. The molecule has 0 amide bonds. The summed E-state index contributed by atoms with van der Waals surface area (Å²) < 4.78 is 7.88. The number of imidazole rings is 1. The van der Waals surface area contributed by atoms with Crippen molar-refractivity contribution < 1.29 is 14.6 Å². The SMILES string of the molecule is COc1cc2c(cc1CC(=O)O)nc(Nc1ccc(C(C)C)cc1)n2C1CCCC(C)(C)C1. The maximum atomic E-state index is 11.4. The van der Waals surface area contributed by atoms with Crippen LogP contribution in [0.5, 0.6) is 5.75 Å². The lowest BCUT2D eigenvalue weighted by atomic mass is 9.75. The largest absolute Gasteiger partial charge is 0.496 e. The molecule has 2 N–H and O–H groups in total. The number of nitrogens with zero attached hydrogens (tertiary/aromatic N) is 2. The van der Waals surface area contributed by atoms with E-state index in [0.29, 0.717) is 23.3 Å². The van der Waals surface area contributed by atoms with Crippen LogP contribution in [0.1, 0.15) is 76.5 Å². The van der Waals surface area contributed by atoms with Crippen molar-refractivity contribution in [1.82, 2.24) is 9.55 Å². The molecule has 1 fully saturated rings. The van der Waals surface area contributed by atoms with Crippen molar-refractivity contribution in [1.29, 1.82) is 0 Å². The maximum absolute atomic E-state index is 11.4. The van der Waals surface area contributed by atoms with Gasteiger partial charge in [0.05, 0.1) is 24.6 Å². The summed E-state index contributed by atoms with van der Waals surface area (Å²) in [6.07, 6.45) is 4.46. The van der Waals surface area contributed by atoms with Crippen molar-refractivity contribution in [2.45, 2.75) is 71.8 Å². The van der Waals surface area contributed by atoms with Gasteiger partial charge in [-0.15, -0.1) is 0 Å². The molecule has 6 nitrogen and oxygen atoms in total. The first-order valence-corrected chi connectivity index (χ1v) is 11.8. The van der Waals surface area contributed by atoms with E-state index in [4.69, 9.17) is 9.72 Å². The Hall–Kier alpha value is -3.02. The van der Waals surface area contributed by atoms with Crippen molar-refractivity contribution in [3.05, 3.63) is 47.5 Å². The third-order valence-corrected chi connectivity index (χ3v) is 6.81. The van der Waals surface area contributed by atoms with Gasteiger partial charge < -0.3 is 19.7 Å². The van der Waals surface area contributed by atoms with Crippen LogP contribution in [0.3, 0.4) is 0 Å². The highest BCUT2D eigenvalue weighted by atomic mass is 16.5. The molecule has 0 aliphatic heterocycles. The Kier molecular flexibility index (Phi) is 6.37. The Morgan fingerprint density at radius 3 is 2.61 bits per heavy atom. The third-order valence-electron chi connectivity index (χ3n) is 6.81. The van der Waals surface area contributed by atoms with Crippen LogP contribution in [0, 0.1) is 5.41 Å². The molecule has 0 bridgehead atoms. The smallest absolute Gasteiger partial charge is 0.307 e. The van der Waals surface area contributed by atoms with E-state index >= 15 is 0 Å². The third kappa shape index (κ3) is 5.00. The van der Waals surface area contributed by atoms with Crippen LogP contribution in [0.2, 0.25) is 0 Å². The highest BCUT2D eigenvalue weighted by molar-refractivity contribution is 5.84. The van der Waals surface area contributed by atoms with Crippen LogP contribution in [-0.4, -0.2) is 27.7 Å². The predicted octanol–water partition coefficient (Wildman–Crippen LogP) is 6.68. The Bertz CT molecular complexity index is 1150. The van der Waals surface area contributed by atoms with E-state index < -0.39 is 5.97 Å². The fraction of sp³-hybridized carbons (Fsp3) is 0.481. The minimum absolute atomic E-state index is 0.0954. The first-order valence-electron chi connectivity index (χ1n) is 11.8. The molecule has 33 heavy (non-hydrogen) atoms. The second kappa shape index (κ2) is 9.08. The molecule has 0 radical (unpaired) electrons. The number of hydrogen-bond acceptors (Lipinski definition) is 4. The lowest BCUT2D eigenvalue weighted by Crippen LogP contribution is -2.25. The standard InChI is InChI=1S/C27H35N3O3/c1-17(2)18-8-10-20(11-9-18)28-26-29-22-13-19(14-25(31)32)24(33-5)15-23(22)30(26)21-7-6-12-27(3,4)16-21/h8-11,13,15,17,21H,6-7,12,14,16H2,1-5H3,(H,28,29)(H,31,32).